The fourth-order valence-corrected chi connectivity index (χ4v) is 2.43. The first-order chi connectivity index (χ1) is 10.7. The van der Waals surface area contributed by atoms with Gasteiger partial charge in [0.05, 0.1) is 12.5 Å². The second kappa shape index (κ2) is 6.97. The predicted molar refractivity (Wildman–Crippen MR) is 73.7 cm³/mol. The maximum Gasteiger partial charge on any atom is 0.389 e. The summed E-state index contributed by atoms with van der Waals surface area (Å²) in [4.78, 5) is 24.8. The molecule has 1 aromatic carbocycles. The van der Waals surface area contributed by atoms with E-state index in [9.17, 15) is 27.2 Å². The van der Waals surface area contributed by atoms with Crippen LogP contribution in [0.4, 0.5) is 17.6 Å². The second-order valence-corrected chi connectivity index (χ2v) is 5.49. The van der Waals surface area contributed by atoms with Crippen LogP contribution in [0.15, 0.2) is 24.3 Å². The Morgan fingerprint density at radius 2 is 2.09 bits per heavy atom. The Kier molecular flexibility index (Phi) is 5.23. The average Bonchev–Trinajstić information content (AvgIpc) is 2.76. The van der Waals surface area contributed by atoms with Crippen molar-refractivity contribution in [3.63, 3.8) is 0 Å². The van der Waals surface area contributed by atoms with E-state index in [2.05, 4.69) is 5.32 Å². The highest BCUT2D eigenvalue weighted by atomic mass is 19.4. The molecule has 4 nitrogen and oxygen atoms in total. The van der Waals surface area contributed by atoms with Crippen LogP contribution in [-0.4, -0.2) is 35.5 Å². The Hall–Kier alpha value is -2.12. The average molecular weight is 332 g/mol. The van der Waals surface area contributed by atoms with Crippen LogP contribution in [0.2, 0.25) is 0 Å². The first-order valence-corrected chi connectivity index (χ1v) is 7.11. The lowest BCUT2D eigenvalue weighted by Crippen LogP contribution is -2.37. The van der Waals surface area contributed by atoms with Crippen LogP contribution in [0.5, 0.6) is 0 Å². The molecule has 0 bridgehead atoms. The third kappa shape index (κ3) is 5.54. The van der Waals surface area contributed by atoms with Crippen molar-refractivity contribution in [2.24, 2.45) is 0 Å². The van der Waals surface area contributed by atoms with Crippen LogP contribution >= 0.6 is 0 Å². The number of carbonyl (C=O) groups is 2. The molecule has 1 atom stereocenters. The third-order valence-corrected chi connectivity index (χ3v) is 3.48. The zero-order valence-electron chi connectivity index (χ0n) is 12.2. The maximum atomic E-state index is 13.1. The molecule has 1 saturated heterocycles. The summed E-state index contributed by atoms with van der Waals surface area (Å²) in [6.07, 6.45) is -6.19. The van der Waals surface area contributed by atoms with E-state index in [1.165, 1.54) is 23.1 Å². The molecule has 1 aliphatic heterocycles. The predicted octanol–water partition coefficient (Wildman–Crippen LogP) is 2.39. The van der Waals surface area contributed by atoms with Crippen LogP contribution in [0, 0.1) is 5.82 Å². The van der Waals surface area contributed by atoms with E-state index in [0.717, 1.165) is 0 Å². The Morgan fingerprint density at radius 3 is 2.74 bits per heavy atom. The summed E-state index contributed by atoms with van der Waals surface area (Å²) < 4.78 is 49.3. The van der Waals surface area contributed by atoms with Gasteiger partial charge in [0.15, 0.2) is 0 Å². The Morgan fingerprint density at radius 1 is 1.35 bits per heavy atom. The van der Waals surface area contributed by atoms with Crippen molar-refractivity contribution in [2.45, 2.75) is 38.0 Å². The number of benzene rings is 1. The normalized spacial score (nSPS) is 18.3. The first kappa shape index (κ1) is 17.2. The lowest BCUT2D eigenvalue weighted by molar-refractivity contribution is -0.144. The van der Waals surface area contributed by atoms with E-state index >= 15 is 0 Å². The number of hydrogen-bond donors (Lipinski definition) is 1. The Balaban J connectivity index is 1.84. The van der Waals surface area contributed by atoms with Crippen molar-refractivity contribution in [3.05, 3.63) is 35.6 Å². The van der Waals surface area contributed by atoms with Gasteiger partial charge in [-0.15, -0.1) is 0 Å². The quantitative estimate of drug-likeness (QED) is 0.842. The topological polar surface area (TPSA) is 49.4 Å². The van der Waals surface area contributed by atoms with Gasteiger partial charge in [-0.3, -0.25) is 9.59 Å². The minimum Gasteiger partial charge on any atom is -0.351 e. The standard InChI is InChI=1S/C15H16F4N2O2/c16-11-3-1-2-10(6-11)8-21-9-12(7-14(21)23)20-13(22)4-5-15(17,18)19/h1-3,6,12H,4-5,7-9H2,(H,20,22)/t12-/m1/s1. The summed E-state index contributed by atoms with van der Waals surface area (Å²) in [6, 6.07) is 5.28. The minimum atomic E-state index is -4.38. The number of likely N-dealkylation sites (tertiary alicyclic amines) is 1. The molecule has 2 amide bonds. The molecule has 0 radical (unpaired) electrons. The van der Waals surface area contributed by atoms with Crippen LogP contribution < -0.4 is 5.32 Å². The van der Waals surface area contributed by atoms with Crippen molar-refractivity contribution in [1.82, 2.24) is 10.2 Å². The second-order valence-electron chi connectivity index (χ2n) is 5.49. The number of nitrogens with one attached hydrogen (secondary N) is 1. The summed E-state index contributed by atoms with van der Waals surface area (Å²) in [5.41, 5.74) is 0.613. The molecule has 0 saturated carbocycles. The molecule has 1 N–H and O–H groups in total. The molecular weight excluding hydrogens is 316 g/mol. The number of alkyl halides is 3. The van der Waals surface area contributed by atoms with Crippen LogP contribution in [0.1, 0.15) is 24.8 Å². The monoisotopic (exact) mass is 332 g/mol. The summed E-state index contributed by atoms with van der Waals surface area (Å²) in [7, 11) is 0. The fourth-order valence-electron chi connectivity index (χ4n) is 2.43. The molecule has 23 heavy (non-hydrogen) atoms. The fraction of sp³-hybridized carbons (Fsp3) is 0.467. The van der Waals surface area contributed by atoms with Crippen molar-refractivity contribution < 1.29 is 27.2 Å². The zero-order valence-corrected chi connectivity index (χ0v) is 12.2. The molecule has 1 aromatic rings. The van der Waals surface area contributed by atoms with Gasteiger partial charge in [0.1, 0.15) is 5.82 Å². The van der Waals surface area contributed by atoms with Crippen LogP contribution in [0.25, 0.3) is 0 Å². The maximum absolute atomic E-state index is 13.1. The van der Waals surface area contributed by atoms with Gasteiger partial charge < -0.3 is 10.2 Å². The lowest BCUT2D eigenvalue weighted by atomic mass is 10.2. The van der Waals surface area contributed by atoms with Gasteiger partial charge >= 0.3 is 6.18 Å². The summed E-state index contributed by atoms with van der Waals surface area (Å²) in [5.74, 6) is -1.37. The number of carbonyl (C=O) groups excluding carboxylic acids is 2. The van der Waals surface area contributed by atoms with E-state index in [1.54, 1.807) is 6.07 Å². The SMILES string of the molecule is O=C(CCC(F)(F)F)N[C@@H]1CC(=O)N(Cc2cccc(F)c2)C1. The minimum absolute atomic E-state index is 0.0348. The number of nitrogens with zero attached hydrogens (tertiary/aromatic N) is 1. The summed E-state index contributed by atoms with van der Waals surface area (Å²) in [5, 5.41) is 2.43. The third-order valence-electron chi connectivity index (χ3n) is 3.48. The first-order valence-electron chi connectivity index (χ1n) is 7.11. The number of halogens is 4. The lowest BCUT2D eigenvalue weighted by Gasteiger charge is -2.17. The van der Waals surface area contributed by atoms with Gasteiger partial charge in [0.25, 0.3) is 0 Å². The van der Waals surface area contributed by atoms with Gasteiger partial charge in [-0.1, -0.05) is 12.1 Å². The highest BCUT2D eigenvalue weighted by Crippen LogP contribution is 2.21. The molecule has 126 valence electrons. The Bertz CT molecular complexity index is 589. The molecular formula is C15H16F4N2O2. The van der Waals surface area contributed by atoms with E-state index in [0.29, 0.717) is 5.56 Å². The molecule has 8 heteroatoms. The van der Waals surface area contributed by atoms with Crippen molar-refractivity contribution in [1.29, 1.82) is 0 Å². The molecule has 1 heterocycles. The zero-order chi connectivity index (χ0) is 17.0. The van der Waals surface area contributed by atoms with Gasteiger partial charge in [0, 0.05) is 25.9 Å². The molecule has 1 aliphatic rings. The van der Waals surface area contributed by atoms with Gasteiger partial charge in [-0.05, 0) is 17.7 Å². The van der Waals surface area contributed by atoms with Gasteiger partial charge in [0.2, 0.25) is 11.8 Å². The highest BCUT2D eigenvalue weighted by molar-refractivity contribution is 5.82. The van der Waals surface area contributed by atoms with Crippen molar-refractivity contribution in [2.75, 3.05) is 6.54 Å². The van der Waals surface area contributed by atoms with Gasteiger partial charge in [-0.25, -0.2) is 4.39 Å². The van der Waals surface area contributed by atoms with Crippen LogP contribution in [-0.2, 0) is 16.1 Å². The molecule has 0 spiro atoms. The number of rotatable bonds is 5. The number of amides is 2. The van der Waals surface area contributed by atoms with E-state index < -0.39 is 36.8 Å². The van der Waals surface area contributed by atoms with Gasteiger partial charge in [-0.2, -0.15) is 13.2 Å². The molecule has 0 aromatic heterocycles. The molecule has 0 aliphatic carbocycles. The van der Waals surface area contributed by atoms with E-state index in [-0.39, 0.29) is 25.4 Å². The van der Waals surface area contributed by atoms with Crippen LogP contribution in [0.3, 0.4) is 0 Å². The molecule has 1 fully saturated rings. The van der Waals surface area contributed by atoms with Crippen molar-refractivity contribution in [3.8, 4) is 0 Å². The highest BCUT2D eigenvalue weighted by Gasteiger charge is 2.32. The summed E-state index contributed by atoms with van der Waals surface area (Å²) in [6.45, 7) is 0.401. The molecule has 0 unspecified atom stereocenters. The number of hydrogen-bond acceptors (Lipinski definition) is 2. The van der Waals surface area contributed by atoms with Crippen molar-refractivity contribution >= 4 is 11.8 Å². The summed E-state index contributed by atoms with van der Waals surface area (Å²) >= 11 is 0. The molecule has 2 rings (SSSR count). The van der Waals surface area contributed by atoms with E-state index in [4.69, 9.17) is 0 Å². The Labute approximate surface area is 130 Å². The van der Waals surface area contributed by atoms with E-state index in [1.807, 2.05) is 0 Å². The largest absolute Gasteiger partial charge is 0.389 e. The smallest absolute Gasteiger partial charge is 0.351 e.